The van der Waals surface area contributed by atoms with Crippen molar-refractivity contribution in [1.82, 2.24) is 5.01 Å². The van der Waals surface area contributed by atoms with Gasteiger partial charge in [0.05, 0.1) is 6.04 Å². The van der Waals surface area contributed by atoms with Gasteiger partial charge in [0.15, 0.2) is 0 Å². The van der Waals surface area contributed by atoms with Crippen molar-refractivity contribution in [2.75, 3.05) is 40.9 Å². The normalized spacial score (nSPS) is 17.4. The molecular formula is C27H37N5. The molecule has 0 radical (unpaired) electrons. The maximum Gasteiger partial charge on any atom is 0.128 e. The maximum atomic E-state index is 4.54. The van der Waals surface area contributed by atoms with Crippen LogP contribution < -0.4 is 14.7 Å². The minimum atomic E-state index is 0.353. The molecule has 1 fully saturated rings. The zero-order valence-electron chi connectivity index (χ0n) is 20.1. The van der Waals surface area contributed by atoms with E-state index in [1.54, 1.807) is 0 Å². The van der Waals surface area contributed by atoms with Crippen LogP contribution in [0.15, 0.2) is 60.0 Å². The summed E-state index contributed by atoms with van der Waals surface area (Å²) in [6.45, 7) is 17.3. The smallest absolute Gasteiger partial charge is 0.128 e. The third-order valence-electron chi connectivity index (χ3n) is 6.89. The Hall–Kier alpha value is -2.95. The van der Waals surface area contributed by atoms with E-state index in [2.05, 4.69) is 96.5 Å². The molecule has 0 N–H and O–H groups in total. The van der Waals surface area contributed by atoms with E-state index in [0.29, 0.717) is 6.04 Å². The third-order valence-corrected chi connectivity index (χ3v) is 6.89. The van der Waals surface area contributed by atoms with Gasteiger partial charge in [-0.25, -0.2) is 5.01 Å². The lowest BCUT2D eigenvalue weighted by Crippen LogP contribution is -2.46. The van der Waals surface area contributed by atoms with Gasteiger partial charge in [-0.2, -0.15) is 5.10 Å². The predicted octanol–water partition coefficient (Wildman–Crippen LogP) is 5.47. The summed E-state index contributed by atoms with van der Waals surface area (Å²) < 4.78 is 0. The molecule has 5 heteroatoms. The monoisotopic (exact) mass is 431 g/mol. The van der Waals surface area contributed by atoms with Crippen LogP contribution in [0, 0.1) is 0 Å². The van der Waals surface area contributed by atoms with Crippen molar-refractivity contribution < 1.29 is 0 Å². The second-order valence-corrected chi connectivity index (χ2v) is 8.78. The topological polar surface area (TPSA) is 25.3 Å². The van der Waals surface area contributed by atoms with Gasteiger partial charge in [-0.3, -0.25) is 4.90 Å². The molecule has 2 heterocycles. The fraction of sp³-hybridized carbons (Fsp3) is 0.444. The molecule has 1 unspecified atom stereocenters. The van der Waals surface area contributed by atoms with Gasteiger partial charge in [-0.05, 0) is 67.6 Å². The zero-order chi connectivity index (χ0) is 22.7. The molecule has 2 aromatic rings. The van der Waals surface area contributed by atoms with Crippen LogP contribution in [0.5, 0.6) is 0 Å². The van der Waals surface area contributed by atoms with Gasteiger partial charge in [0.1, 0.15) is 12.2 Å². The van der Waals surface area contributed by atoms with Gasteiger partial charge >= 0.3 is 0 Å². The van der Waals surface area contributed by atoms with E-state index in [-0.39, 0.29) is 0 Å². The maximum absolute atomic E-state index is 4.54. The first-order valence-electron chi connectivity index (χ1n) is 12.1. The summed E-state index contributed by atoms with van der Waals surface area (Å²) in [6.07, 6.45) is 5.10. The second-order valence-electron chi connectivity index (χ2n) is 8.78. The Labute approximate surface area is 193 Å². The summed E-state index contributed by atoms with van der Waals surface area (Å²) in [5.74, 6) is 0.918. The van der Waals surface area contributed by atoms with Crippen molar-refractivity contribution in [2.24, 2.45) is 5.10 Å². The average Bonchev–Trinajstić information content (AvgIpc) is 3.24. The number of benzene rings is 2. The van der Waals surface area contributed by atoms with Crippen molar-refractivity contribution in [2.45, 2.75) is 53.0 Å². The second kappa shape index (κ2) is 9.68. The molecule has 2 aromatic carbocycles. The summed E-state index contributed by atoms with van der Waals surface area (Å²) in [4.78, 5) is 7.11. The number of anilines is 3. The molecule has 170 valence electrons. The molecule has 4 rings (SSSR count). The highest BCUT2D eigenvalue weighted by atomic mass is 15.6. The Morgan fingerprint density at radius 1 is 0.875 bits per heavy atom. The molecule has 5 nitrogen and oxygen atoms in total. The van der Waals surface area contributed by atoms with Crippen molar-refractivity contribution in [3.05, 3.63) is 66.0 Å². The van der Waals surface area contributed by atoms with Gasteiger partial charge in [0.25, 0.3) is 0 Å². The number of aryl methyl sites for hydroxylation is 2. The first-order chi connectivity index (χ1) is 15.5. The van der Waals surface area contributed by atoms with Crippen LogP contribution in [0.3, 0.4) is 0 Å². The molecule has 0 spiro atoms. The lowest BCUT2D eigenvalue weighted by atomic mass is 10.0. The Morgan fingerprint density at radius 3 is 2.16 bits per heavy atom. The Kier molecular flexibility index (Phi) is 6.73. The summed E-state index contributed by atoms with van der Waals surface area (Å²) in [5, 5.41) is 6.54. The highest BCUT2D eigenvalue weighted by Gasteiger charge is 2.25. The van der Waals surface area contributed by atoms with E-state index >= 15 is 0 Å². The standard InChI is InChI=1S/C27H37N5/c1-6-21(4)32-22(5)31(20-28-32)26-12-10-25(11-13-26)29-15-17-30(18-16-29)27-14-9-23(7-2)19-24(27)8-3/h9-14,19-21H,5-8,15-18H2,1-4H3. The highest BCUT2D eigenvalue weighted by Crippen LogP contribution is 2.29. The summed E-state index contributed by atoms with van der Waals surface area (Å²) in [6, 6.07) is 16.2. The molecule has 1 saturated heterocycles. The summed E-state index contributed by atoms with van der Waals surface area (Å²) in [7, 11) is 0. The van der Waals surface area contributed by atoms with Crippen molar-refractivity contribution in [3.63, 3.8) is 0 Å². The molecule has 32 heavy (non-hydrogen) atoms. The molecule has 0 saturated carbocycles. The number of nitrogens with zero attached hydrogens (tertiary/aromatic N) is 5. The molecule has 2 aliphatic rings. The van der Waals surface area contributed by atoms with Crippen LogP contribution >= 0.6 is 0 Å². The number of hydrogen-bond donors (Lipinski definition) is 0. The third kappa shape index (κ3) is 4.34. The number of hydrazone groups is 1. The fourth-order valence-electron chi connectivity index (χ4n) is 4.59. The minimum absolute atomic E-state index is 0.353. The van der Waals surface area contributed by atoms with Crippen molar-refractivity contribution >= 4 is 23.4 Å². The fourth-order valence-corrected chi connectivity index (χ4v) is 4.59. The minimum Gasteiger partial charge on any atom is -0.368 e. The van der Waals surface area contributed by atoms with Crippen LogP contribution in [0.4, 0.5) is 17.1 Å². The van der Waals surface area contributed by atoms with Gasteiger partial charge in [-0.1, -0.05) is 39.5 Å². The van der Waals surface area contributed by atoms with E-state index in [9.17, 15) is 0 Å². The van der Waals surface area contributed by atoms with E-state index < -0.39 is 0 Å². The number of rotatable bonds is 7. The van der Waals surface area contributed by atoms with Crippen molar-refractivity contribution in [1.29, 1.82) is 0 Å². The molecule has 0 bridgehead atoms. The quantitative estimate of drug-likeness (QED) is 0.580. The van der Waals surface area contributed by atoms with Crippen LogP contribution in [0.25, 0.3) is 0 Å². The van der Waals surface area contributed by atoms with E-state index in [1.165, 1.54) is 22.5 Å². The Bertz CT molecular complexity index is 957. The molecule has 0 amide bonds. The van der Waals surface area contributed by atoms with Crippen LogP contribution in [0.1, 0.15) is 45.2 Å². The Balaban J connectivity index is 1.39. The molecule has 0 aromatic heterocycles. The highest BCUT2D eigenvalue weighted by molar-refractivity contribution is 5.85. The van der Waals surface area contributed by atoms with Crippen LogP contribution in [-0.4, -0.2) is 43.6 Å². The predicted molar refractivity (Wildman–Crippen MR) is 138 cm³/mol. The van der Waals surface area contributed by atoms with Gasteiger partial charge in [0.2, 0.25) is 0 Å². The van der Waals surface area contributed by atoms with Crippen LogP contribution in [0.2, 0.25) is 0 Å². The summed E-state index contributed by atoms with van der Waals surface area (Å²) in [5.41, 5.74) is 6.71. The van der Waals surface area contributed by atoms with E-state index in [1.807, 2.05) is 11.3 Å². The molecule has 2 aliphatic heterocycles. The lowest BCUT2D eigenvalue weighted by molar-refractivity contribution is 0.286. The van der Waals surface area contributed by atoms with E-state index in [0.717, 1.165) is 56.9 Å². The SMILES string of the molecule is C=C1N(c2ccc(N3CCN(c4ccc(CC)cc4CC)CC3)cc2)C=NN1C(C)CC. The molecule has 1 atom stereocenters. The number of hydrogen-bond acceptors (Lipinski definition) is 5. The average molecular weight is 432 g/mol. The largest absolute Gasteiger partial charge is 0.368 e. The molecule has 0 aliphatic carbocycles. The van der Waals surface area contributed by atoms with Gasteiger partial charge in [-0.15, -0.1) is 0 Å². The summed E-state index contributed by atoms with van der Waals surface area (Å²) >= 11 is 0. The number of piperazine rings is 1. The first kappa shape index (κ1) is 22.3. The van der Waals surface area contributed by atoms with E-state index in [4.69, 9.17) is 0 Å². The van der Waals surface area contributed by atoms with Gasteiger partial charge in [0, 0.05) is 43.2 Å². The Morgan fingerprint density at radius 2 is 1.53 bits per heavy atom. The zero-order valence-corrected chi connectivity index (χ0v) is 20.1. The molecular weight excluding hydrogens is 394 g/mol. The van der Waals surface area contributed by atoms with Gasteiger partial charge < -0.3 is 9.80 Å². The van der Waals surface area contributed by atoms with Crippen LogP contribution in [-0.2, 0) is 12.8 Å². The first-order valence-corrected chi connectivity index (χ1v) is 12.1. The lowest BCUT2D eigenvalue weighted by Gasteiger charge is -2.38. The van der Waals surface area contributed by atoms with Crippen molar-refractivity contribution in [3.8, 4) is 0 Å².